The standard InChI is InChI=1S/C14H18O2/c1-9(2)13(15)16-14-7-6-10(8-14)11-4-3-5-12(11)14/h3-4,10-12H,1,5-8H2,2H3. The van der Waals surface area contributed by atoms with Crippen LogP contribution in [0.4, 0.5) is 0 Å². The largest absolute Gasteiger partial charge is 0.455 e. The van der Waals surface area contributed by atoms with E-state index in [0.717, 1.165) is 25.2 Å². The molecular formula is C14H18O2. The summed E-state index contributed by atoms with van der Waals surface area (Å²) in [6.45, 7) is 5.40. The molecular weight excluding hydrogens is 200 g/mol. The molecule has 0 aromatic rings. The van der Waals surface area contributed by atoms with E-state index in [4.69, 9.17) is 4.74 Å². The number of esters is 1. The lowest BCUT2D eigenvalue weighted by atomic mass is 9.79. The second-order valence-corrected chi connectivity index (χ2v) is 5.59. The lowest BCUT2D eigenvalue weighted by Crippen LogP contribution is -2.39. The molecule has 2 bridgehead atoms. The van der Waals surface area contributed by atoms with E-state index in [9.17, 15) is 4.79 Å². The second kappa shape index (κ2) is 3.22. The summed E-state index contributed by atoms with van der Waals surface area (Å²) in [5.74, 6) is 1.77. The SMILES string of the molecule is C=C(C)C(=O)OC12CCC(C1)C1C=CCC12. The van der Waals surface area contributed by atoms with E-state index in [1.165, 1.54) is 6.42 Å². The first-order valence-electron chi connectivity index (χ1n) is 6.18. The van der Waals surface area contributed by atoms with Gasteiger partial charge in [-0.25, -0.2) is 4.79 Å². The molecule has 2 fully saturated rings. The van der Waals surface area contributed by atoms with E-state index in [0.29, 0.717) is 17.4 Å². The van der Waals surface area contributed by atoms with Gasteiger partial charge in [0.25, 0.3) is 0 Å². The Kier molecular flexibility index (Phi) is 2.04. The molecule has 0 heterocycles. The fourth-order valence-electron chi connectivity index (χ4n) is 3.91. The molecule has 4 atom stereocenters. The molecule has 0 radical (unpaired) electrons. The Morgan fingerprint density at radius 3 is 3.12 bits per heavy atom. The molecule has 2 saturated carbocycles. The Morgan fingerprint density at radius 1 is 1.56 bits per heavy atom. The number of fused-ring (bicyclic) bond motifs is 5. The molecule has 2 nitrogen and oxygen atoms in total. The van der Waals surface area contributed by atoms with Gasteiger partial charge in [0.1, 0.15) is 5.60 Å². The van der Waals surface area contributed by atoms with Crippen molar-refractivity contribution in [3.63, 3.8) is 0 Å². The fraction of sp³-hybridized carbons (Fsp3) is 0.643. The Morgan fingerprint density at radius 2 is 2.38 bits per heavy atom. The van der Waals surface area contributed by atoms with Crippen molar-refractivity contribution in [2.24, 2.45) is 17.8 Å². The van der Waals surface area contributed by atoms with Crippen LogP contribution in [0.25, 0.3) is 0 Å². The maximum atomic E-state index is 11.7. The smallest absolute Gasteiger partial charge is 0.333 e. The highest BCUT2D eigenvalue weighted by Gasteiger charge is 2.60. The van der Waals surface area contributed by atoms with Crippen molar-refractivity contribution < 1.29 is 9.53 Å². The van der Waals surface area contributed by atoms with E-state index in [1.807, 2.05) is 0 Å². The van der Waals surface area contributed by atoms with Crippen molar-refractivity contribution >= 4 is 5.97 Å². The minimum atomic E-state index is -0.201. The number of allylic oxidation sites excluding steroid dienone is 2. The summed E-state index contributed by atoms with van der Waals surface area (Å²) in [7, 11) is 0. The van der Waals surface area contributed by atoms with Crippen LogP contribution in [0.5, 0.6) is 0 Å². The van der Waals surface area contributed by atoms with Crippen molar-refractivity contribution in [1.29, 1.82) is 0 Å². The highest BCUT2D eigenvalue weighted by Crippen LogP contribution is 2.60. The fourth-order valence-corrected chi connectivity index (χ4v) is 3.91. The molecule has 0 N–H and O–H groups in total. The molecule has 16 heavy (non-hydrogen) atoms. The molecule has 4 unspecified atom stereocenters. The van der Waals surface area contributed by atoms with Crippen LogP contribution in [-0.2, 0) is 9.53 Å². The number of rotatable bonds is 2. The van der Waals surface area contributed by atoms with Crippen LogP contribution in [0.3, 0.4) is 0 Å². The monoisotopic (exact) mass is 218 g/mol. The lowest BCUT2D eigenvalue weighted by molar-refractivity contribution is -0.159. The molecule has 3 aliphatic carbocycles. The van der Waals surface area contributed by atoms with Crippen LogP contribution >= 0.6 is 0 Å². The summed E-state index contributed by atoms with van der Waals surface area (Å²) >= 11 is 0. The van der Waals surface area contributed by atoms with Gasteiger partial charge in [0.2, 0.25) is 0 Å². The number of hydrogen-bond acceptors (Lipinski definition) is 2. The van der Waals surface area contributed by atoms with Gasteiger partial charge >= 0.3 is 5.97 Å². The van der Waals surface area contributed by atoms with E-state index in [2.05, 4.69) is 18.7 Å². The van der Waals surface area contributed by atoms with Crippen molar-refractivity contribution in [2.45, 2.75) is 38.2 Å². The second-order valence-electron chi connectivity index (χ2n) is 5.59. The van der Waals surface area contributed by atoms with Crippen LogP contribution in [-0.4, -0.2) is 11.6 Å². The van der Waals surface area contributed by atoms with E-state index in [1.54, 1.807) is 6.92 Å². The van der Waals surface area contributed by atoms with Gasteiger partial charge in [0.05, 0.1) is 0 Å². The lowest BCUT2D eigenvalue weighted by Gasteiger charge is -2.35. The summed E-state index contributed by atoms with van der Waals surface area (Å²) < 4.78 is 5.79. The summed E-state index contributed by atoms with van der Waals surface area (Å²) in [6.07, 6.45) is 9.03. The zero-order valence-corrected chi connectivity index (χ0v) is 9.74. The van der Waals surface area contributed by atoms with E-state index in [-0.39, 0.29) is 11.6 Å². The minimum absolute atomic E-state index is 0.158. The molecule has 0 aromatic heterocycles. The summed E-state index contributed by atoms with van der Waals surface area (Å²) in [5.41, 5.74) is 0.363. The molecule has 3 aliphatic rings. The van der Waals surface area contributed by atoms with Crippen molar-refractivity contribution in [3.8, 4) is 0 Å². The topological polar surface area (TPSA) is 26.3 Å². The molecule has 3 rings (SSSR count). The third kappa shape index (κ3) is 1.22. The van der Waals surface area contributed by atoms with Crippen LogP contribution in [0.1, 0.15) is 32.6 Å². The Balaban J connectivity index is 1.83. The average molecular weight is 218 g/mol. The number of ether oxygens (including phenoxy) is 1. The van der Waals surface area contributed by atoms with Crippen molar-refractivity contribution in [2.75, 3.05) is 0 Å². The molecule has 0 aromatic carbocycles. The first-order valence-corrected chi connectivity index (χ1v) is 6.18. The molecule has 0 aliphatic heterocycles. The van der Waals surface area contributed by atoms with Crippen LogP contribution < -0.4 is 0 Å². The summed E-state index contributed by atoms with van der Waals surface area (Å²) in [5, 5.41) is 0. The molecule has 0 saturated heterocycles. The average Bonchev–Trinajstić information content (AvgIpc) is 2.87. The maximum absolute atomic E-state index is 11.7. The zero-order chi connectivity index (χ0) is 11.3. The first kappa shape index (κ1) is 10.1. The predicted molar refractivity (Wildman–Crippen MR) is 61.7 cm³/mol. The third-order valence-corrected chi connectivity index (χ3v) is 4.62. The van der Waals surface area contributed by atoms with E-state index < -0.39 is 0 Å². The molecule has 0 spiro atoms. The van der Waals surface area contributed by atoms with Gasteiger partial charge in [-0.1, -0.05) is 18.7 Å². The normalized spacial score (nSPS) is 43.4. The van der Waals surface area contributed by atoms with Crippen LogP contribution in [0.2, 0.25) is 0 Å². The third-order valence-electron chi connectivity index (χ3n) is 4.62. The Bertz CT molecular complexity index is 382. The van der Waals surface area contributed by atoms with Gasteiger partial charge in [0, 0.05) is 11.5 Å². The summed E-state index contributed by atoms with van der Waals surface area (Å²) in [6, 6.07) is 0. The Labute approximate surface area is 96.4 Å². The molecule has 0 amide bonds. The number of carbonyl (C=O) groups is 1. The van der Waals surface area contributed by atoms with Gasteiger partial charge in [-0.3, -0.25) is 0 Å². The van der Waals surface area contributed by atoms with E-state index >= 15 is 0 Å². The molecule has 2 heteroatoms. The van der Waals surface area contributed by atoms with Gasteiger partial charge in [-0.05, 0) is 44.4 Å². The number of hydrogen-bond donors (Lipinski definition) is 0. The predicted octanol–water partition coefficient (Wildman–Crippen LogP) is 2.85. The first-order chi connectivity index (χ1) is 7.62. The number of carbonyl (C=O) groups excluding carboxylic acids is 1. The van der Waals surface area contributed by atoms with Gasteiger partial charge in [-0.2, -0.15) is 0 Å². The zero-order valence-electron chi connectivity index (χ0n) is 9.74. The van der Waals surface area contributed by atoms with Gasteiger partial charge < -0.3 is 4.74 Å². The van der Waals surface area contributed by atoms with Crippen LogP contribution in [0.15, 0.2) is 24.3 Å². The van der Waals surface area contributed by atoms with Crippen molar-refractivity contribution in [1.82, 2.24) is 0 Å². The highest BCUT2D eigenvalue weighted by atomic mass is 16.6. The Hall–Kier alpha value is -1.05. The highest BCUT2D eigenvalue weighted by molar-refractivity contribution is 5.87. The quantitative estimate of drug-likeness (QED) is 0.405. The van der Waals surface area contributed by atoms with Gasteiger partial charge in [-0.15, -0.1) is 0 Å². The minimum Gasteiger partial charge on any atom is -0.455 e. The van der Waals surface area contributed by atoms with Gasteiger partial charge in [0.15, 0.2) is 0 Å². The molecule has 86 valence electrons. The summed E-state index contributed by atoms with van der Waals surface area (Å²) in [4.78, 5) is 11.7. The van der Waals surface area contributed by atoms with Crippen molar-refractivity contribution in [3.05, 3.63) is 24.3 Å². The maximum Gasteiger partial charge on any atom is 0.333 e. The van der Waals surface area contributed by atoms with Crippen LogP contribution in [0, 0.1) is 17.8 Å².